The molecule has 1 rings (SSSR count). The van der Waals surface area contributed by atoms with E-state index in [9.17, 15) is 0 Å². The van der Waals surface area contributed by atoms with E-state index in [1.54, 1.807) is 0 Å². The lowest BCUT2D eigenvalue weighted by Crippen LogP contribution is -2.09. The van der Waals surface area contributed by atoms with Gasteiger partial charge in [0.15, 0.2) is 0 Å². The minimum atomic E-state index is 0.587. The predicted octanol–water partition coefficient (Wildman–Crippen LogP) is 3.47. The van der Waals surface area contributed by atoms with Crippen LogP contribution >= 0.6 is 0 Å². The van der Waals surface area contributed by atoms with Gasteiger partial charge in [0.25, 0.3) is 0 Å². The van der Waals surface area contributed by atoms with Gasteiger partial charge in [0, 0.05) is 25.6 Å². The minimum Gasteiger partial charge on any atom is -0.381 e. The zero-order valence-electron chi connectivity index (χ0n) is 10.5. The second kappa shape index (κ2) is 8.28. The highest BCUT2D eigenvalue weighted by Crippen LogP contribution is 2.08. The molecule has 1 unspecified atom stereocenters. The van der Waals surface area contributed by atoms with E-state index >= 15 is 0 Å². The number of pyridine rings is 1. The molecule has 2 nitrogen and oxygen atoms in total. The van der Waals surface area contributed by atoms with E-state index in [2.05, 4.69) is 31.0 Å². The molecule has 1 aromatic heterocycles. The molecule has 16 heavy (non-hydrogen) atoms. The Balaban J connectivity index is 2.09. The van der Waals surface area contributed by atoms with Crippen molar-refractivity contribution in [1.82, 2.24) is 4.98 Å². The Morgan fingerprint density at radius 3 is 2.69 bits per heavy atom. The first kappa shape index (κ1) is 13.2. The SMILES string of the molecule is CCCCCOCC(C)Cc1ccncc1. The number of nitrogens with zero attached hydrogens (tertiary/aromatic N) is 1. The van der Waals surface area contributed by atoms with Crippen molar-refractivity contribution in [3.8, 4) is 0 Å². The summed E-state index contributed by atoms with van der Waals surface area (Å²) in [5.41, 5.74) is 1.35. The second-order valence-corrected chi connectivity index (χ2v) is 4.45. The Bertz CT molecular complexity index is 261. The van der Waals surface area contributed by atoms with Crippen LogP contribution in [0.25, 0.3) is 0 Å². The molecule has 0 aromatic carbocycles. The largest absolute Gasteiger partial charge is 0.381 e. The molecule has 2 heteroatoms. The number of aromatic nitrogens is 1. The summed E-state index contributed by atoms with van der Waals surface area (Å²) in [4.78, 5) is 4.02. The third-order valence-corrected chi connectivity index (χ3v) is 2.63. The van der Waals surface area contributed by atoms with E-state index in [1.165, 1.54) is 24.8 Å². The smallest absolute Gasteiger partial charge is 0.0494 e. The fraction of sp³-hybridized carbons (Fsp3) is 0.643. The highest BCUT2D eigenvalue weighted by molar-refractivity contribution is 5.10. The first-order chi connectivity index (χ1) is 7.83. The van der Waals surface area contributed by atoms with Gasteiger partial charge in [-0.25, -0.2) is 0 Å². The number of unbranched alkanes of at least 4 members (excludes halogenated alkanes) is 2. The number of rotatable bonds is 8. The van der Waals surface area contributed by atoms with Crippen LogP contribution in [-0.2, 0) is 11.2 Å². The molecular formula is C14H23NO. The van der Waals surface area contributed by atoms with E-state index in [-0.39, 0.29) is 0 Å². The lowest BCUT2D eigenvalue weighted by atomic mass is 10.0. The molecule has 0 radical (unpaired) electrons. The summed E-state index contributed by atoms with van der Waals surface area (Å²) in [5.74, 6) is 0.587. The van der Waals surface area contributed by atoms with Crippen molar-refractivity contribution in [2.75, 3.05) is 13.2 Å². The fourth-order valence-corrected chi connectivity index (χ4v) is 1.72. The summed E-state index contributed by atoms with van der Waals surface area (Å²) in [6.07, 6.45) is 8.51. The summed E-state index contributed by atoms with van der Waals surface area (Å²) < 4.78 is 5.65. The Hall–Kier alpha value is -0.890. The maximum absolute atomic E-state index is 5.65. The highest BCUT2D eigenvalue weighted by atomic mass is 16.5. The zero-order chi connectivity index (χ0) is 11.6. The summed E-state index contributed by atoms with van der Waals surface area (Å²) in [5, 5.41) is 0. The monoisotopic (exact) mass is 221 g/mol. The summed E-state index contributed by atoms with van der Waals surface area (Å²) >= 11 is 0. The van der Waals surface area contributed by atoms with Crippen molar-refractivity contribution >= 4 is 0 Å². The molecule has 0 amide bonds. The van der Waals surface area contributed by atoms with Crippen LogP contribution < -0.4 is 0 Å². The third-order valence-electron chi connectivity index (χ3n) is 2.63. The maximum Gasteiger partial charge on any atom is 0.0494 e. The molecule has 0 aliphatic heterocycles. The Kier molecular flexibility index (Phi) is 6.82. The van der Waals surface area contributed by atoms with Gasteiger partial charge in [0.2, 0.25) is 0 Å². The van der Waals surface area contributed by atoms with Crippen molar-refractivity contribution in [2.24, 2.45) is 5.92 Å². The van der Waals surface area contributed by atoms with E-state index < -0.39 is 0 Å². The first-order valence-corrected chi connectivity index (χ1v) is 6.29. The fourth-order valence-electron chi connectivity index (χ4n) is 1.72. The van der Waals surface area contributed by atoms with Crippen LogP contribution in [0.15, 0.2) is 24.5 Å². The van der Waals surface area contributed by atoms with E-state index in [0.717, 1.165) is 19.6 Å². The predicted molar refractivity (Wildman–Crippen MR) is 67.4 cm³/mol. The molecule has 90 valence electrons. The van der Waals surface area contributed by atoms with E-state index in [0.29, 0.717) is 5.92 Å². The standard InChI is InChI=1S/C14H23NO/c1-3-4-5-10-16-12-13(2)11-14-6-8-15-9-7-14/h6-9,13H,3-5,10-12H2,1-2H3. The molecule has 1 atom stereocenters. The van der Waals surface area contributed by atoms with Gasteiger partial charge in [-0.1, -0.05) is 26.7 Å². The Morgan fingerprint density at radius 2 is 2.00 bits per heavy atom. The minimum absolute atomic E-state index is 0.587. The van der Waals surface area contributed by atoms with Gasteiger partial charge in [-0.05, 0) is 36.5 Å². The van der Waals surface area contributed by atoms with Crippen LogP contribution in [0.2, 0.25) is 0 Å². The van der Waals surface area contributed by atoms with Crippen LogP contribution in [0.4, 0.5) is 0 Å². The van der Waals surface area contributed by atoms with Gasteiger partial charge in [-0.15, -0.1) is 0 Å². The van der Waals surface area contributed by atoms with Crippen LogP contribution in [0, 0.1) is 5.92 Å². The summed E-state index contributed by atoms with van der Waals surface area (Å²) in [7, 11) is 0. The second-order valence-electron chi connectivity index (χ2n) is 4.45. The van der Waals surface area contributed by atoms with Gasteiger partial charge in [-0.3, -0.25) is 4.98 Å². The molecule has 1 heterocycles. The number of ether oxygens (including phenoxy) is 1. The average molecular weight is 221 g/mol. The topological polar surface area (TPSA) is 22.1 Å². The van der Waals surface area contributed by atoms with Gasteiger partial charge < -0.3 is 4.74 Å². The van der Waals surface area contributed by atoms with Gasteiger partial charge in [0.05, 0.1) is 0 Å². The molecule has 0 aliphatic rings. The molecule has 0 bridgehead atoms. The first-order valence-electron chi connectivity index (χ1n) is 6.29. The maximum atomic E-state index is 5.65. The highest BCUT2D eigenvalue weighted by Gasteiger charge is 2.03. The van der Waals surface area contributed by atoms with Crippen LogP contribution in [-0.4, -0.2) is 18.2 Å². The van der Waals surface area contributed by atoms with Crippen LogP contribution in [0.5, 0.6) is 0 Å². The molecular weight excluding hydrogens is 198 g/mol. The van der Waals surface area contributed by atoms with Crippen molar-refractivity contribution in [1.29, 1.82) is 0 Å². The average Bonchev–Trinajstić information content (AvgIpc) is 2.30. The summed E-state index contributed by atoms with van der Waals surface area (Å²) in [6, 6.07) is 4.15. The number of hydrogen-bond acceptors (Lipinski definition) is 2. The number of hydrogen-bond donors (Lipinski definition) is 0. The lowest BCUT2D eigenvalue weighted by Gasteiger charge is -2.11. The molecule has 0 N–H and O–H groups in total. The van der Waals surface area contributed by atoms with Crippen molar-refractivity contribution < 1.29 is 4.74 Å². The van der Waals surface area contributed by atoms with Crippen molar-refractivity contribution in [3.63, 3.8) is 0 Å². The molecule has 0 fully saturated rings. The van der Waals surface area contributed by atoms with Gasteiger partial charge in [-0.2, -0.15) is 0 Å². The third kappa shape index (κ3) is 5.86. The van der Waals surface area contributed by atoms with Crippen LogP contribution in [0.1, 0.15) is 38.7 Å². The zero-order valence-corrected chi connectivity index (χ0v) is 10.5. The van der Waals surface area contributed by atoms with Crippen LogP contribution in [0.3, 0.4) is 0 Å². The molecule has 0 saturated carbocycles. The van der Waals surface area contributed by atoms with Crippen molar-refractivity contribution in [2.45, 2.75) is 39.5 Å². The molecule has 0 saturated heterocycles. The summed E-state index contributed by atoms with van der Waals surface area (Å²) in [6.45, 7) is 6.23. The lowest BCUT2D eigenvalue weighted by molar-refractivity contribution is 0.101. The van der Waals surface area contributed by atoms with E-state index in [1.807, 2.05) is 12.4 Å². The van der Waals surface area contributed by atoms with Gasteiger partial charge >= 0.3 is 0 Å². The Morgan fingerprint density at radius 1 is 1.25 bits per heavy atom. The van der Waals surface area contributed by atoms with E-state index in [4.69, 9.17) is 4.74 Å². The molecule has 0 spiro atoms. The normalized spacial score (nSPS) is 12.6. The van der Waals surface area contributed by atoms with Gasteiger partial charge in [0.1, 0.15) is 0 Å². The van der Waals surface area contributed by atoms with Crippen molar-refractivity contribution in [3.05, 3.63) is 30.1 Å². The molecule has 0 aliphatic carbocycles. The Labute approximate surface area is 99.0 Å². The quantitative estimate of drug-likeness (QED) is 0.627. The molecule has 1 aromatic rings.